The van der Waals surface area contributed by atoms with E-state index in [1.807, 2.05) is 12.1 Å². The van der Waals surface area contributed by atoms with Crippen molar-refractivity contribution < 1.29 is 13.2 Å². The number of rotatable bonds is 5. The zero-order chi connectivity index (χ0) is 15.3. The number of aromatic nitrogens is 1. The molecule has 3 N–H and O–H groups in total. The molecule has 0 bridgehead atoms. The van der Waals surface area contributed by atoms with Crippen molar-refractivity contribution in [2.75, 3.05) is 0 Å². The quantitative estimate of drug-likeness (QED) is 0.659. The summed E-state index contributed by atoms with van der Waals surface area (Å²) in [7, 11) is 0. The number of alkyl halides is 3. The summed E-state index contributed by atoms with van der Waals surface area (Å²) in [4.78, 5) is 4.19. The first-order valence-electron chi connectivity index (χ1n) is 6.51. The molecule has 21 heavy (non-hydrogen) atoms. The molecule has 1 aromatic carbocycles. The number of nitrogens with one attached hydrogen (secondary N) is 1. The summed E-state index contributed by atoms with van der Waals surface area (Å²) in [5.41, 5.74) is 3.42. The summed E-state index contributed by atoms with van der Waals surface area (Å²) >= 11 is 0. The highest BCUT2D eigenvalue weighted by Gasteiger charge is 2.30. The van der Waals surface area contributed by atoms with E-state index in [1.165, 1.54) is 6.07 Å². The van der Waals surface area contributed by atoms with E-state index in [2.05, 4.69) is 10.4 Å². The van der Waals surface area contributed by atoms with Crippen LogP contribution in [0.25, 0.3) is 0 Å². The minimum absolute atomic E-state index is 0.177. The molecule has 0 saturated carbocycles. The summed E-state index contributed by atoms with van der Waals surface area (Å²) in [5, 5.41) is 0. The lowest BCUT2D eigenvalue weighted by Gasteiger charge is -2.16. The lowest BCUT2D eigenvalue weighted by Crippen LogP contribution is -2.38. The van der Waals surface area contributed by atoms with Crippen LogP contribution in [0.2, 0.25) is 0 Å². The first-order chi connectivity index (χ1) is 9.99. The summed E-state index contributed by atoms with van der Waals surface area (Å²) < 4.78 is 38.1. The molecule has 6 heteroatoms. The second-order valence-corrected chi connectivity index (χ2v) is 4.79. The number of hydrazine groups is 1. The molecular formula is C15H16F3N3. The van der Waals surface area contributed by atoms with E-state index in [4.69, 9.17) is 5.84 Å². The van der Waals surface area contributed by atoms with Gasteiger partial charge in [-0.25, -0.2) is 0 Å². The van der Waals surface area contributed by atoms with Gasteiger partial charge in [-0.15, -0.1) is 0 Å². The minimum Gasteiger partial charge on any atom is -0.271 e. The maximum Gasteiger partial charge on any atom is 0.416 e. The average molecular weight is 295 g/mol. The zero-order valence-corrected chi connectivity index (χ0v) is 11.3. The smallest absolute Gasteiger partial charge is 0.271 e. The molecule has 0 radical (unpaired) electrons. The molecule has 0 amide bonds. The van der Waals surface area contributed by atoms with E-state index >= 15 is 0 Å². The monoisotopic (exact) mass is 295 g/mol. The van der Waals surface area contributed by atoms with Gasteiger partial charge in [0.25, 0.3) is 0 Å². The van der Waals surface area contributed by atoms with Gasteiger partial charge in [0.05, 0.1) is 5.56 Å². The first kappa shape index (κ1) is 15.5. The Labute approximate surface area is 121 Å². The Bertz CT molecular complexity index is 570. The molecule has 1 unspecified atom stereocenters. The third kappa shape index (κ3) is 4.54. The van der Waals surface area contributed by atoms with Gasteiger partial charge in [-0.05, 0) is 30.2 Å². The second kappa shape index (κ2) is 6.69. The van der Waals surface area contributed by atoms with Crippen LogP contribution in [-0.4, -0.2) is 11.0 Å². The Morgan fingerprint density at radius 1 is 1.10 bits per heavy atom. The van der Waals surface area contributed by atoms with Crippen molar-refractivity contribution in [1.29, 1.82) is 0 Å². The van der Waals surface area contributed by atoms with Gasteiger partial charge >= 0.3 is 6.18 Å². The highest BCUT2D eigenvalue weighted by atomic mass is 19.4. The van der Waals surface area contributed by atoms with Crippen LogP contribution in [0.3, 0.4) is 0 Å². The van der Waals surface area contributed by atoms with Crippen LogP contribution >= 0.6 is 0 Å². The molecule has 3 nitrogen and oxygen atoms in total. The maximum atomic E-state index is 12.7. The highest BCUT2D eigenvalue weighted by Crippen LogP contribution is 2.29. The molecular weight excluding hydrogens is 279 g/mol. The molecule has 0 spiro atoms. The molecule has 0 aliphatic rings. The molecule has 0 aliphatic heterocycles. The molecule has 0 aliphatic carbocycles. The van der Waals surface area contributed by atoms with Gasteiger partial charge in [0.2, 0.25) is 0 Å². The summed E-state index contributed by atoms with van der Waals surface area (Å²) in [6, 6.07) is 10.6. The van der Waals surface area contributed by atoms with Crippen LogP contribution in [0, 0.1) is 0 Å². The predicted molar refractivity (Wildman–Crippen MR) is 74.2 cm³/mol. The number of hydrogen-bond acceptors (Lipinski definition) is 3. The summed E-state index contributed by atoms with van der Waals surface area (Å²) in [5.74, 6) is 5.49. The van der Waals surface area contributed by atoms with Crippen molar-refractivity contribution in [2.24, 2.45) is 5.84 Å². The van der Waals surface area contributed by atoms with E-state index < -0.39 is 11.7 Å². The molecule has 0 fully saturated rings. The average Bonchev–Trinajstić information content (AvgIpc) is 2.47. The predicted octanol–water partition coefficient (Wildman–Crippen LogP) is 2.72. The molecule has 1 atom stereocenters. The maximum absolute atomic E-state index is 12.7. The van der Waals surface area contributed by atoms with Gasteiger partial charge in [0, 0.05) is 24.4 Å². The Kier molecular flexibility index (Phi) is 4.93. The van der Waals surface area contributed by atoms with Crippen LogP contribution in [0.4, 0.5) is 13.2 Å². The SMILES string of the molecule is NNC(Cc1cccc(C(F)(F)F)c1)Cc1ccccn1. The van der Waals surface area contributed by atoms with Crippen molar-refractivity contribution in [1.82, 2.24) is 10.4 Å². The Hall–Kier alpha value is -1.92. The zero-order valence-electron chi connectivity index (χ0n) is 11.3. The molecule has 1 heterocycles. The van der Waals surface area contributed by atoms with E-state index in [0.717, 1.165) is 17.8 Å². The van der Waals surface area contributed by atoms with Crippen LogP contribution in [0.5, 0.6) is 0 Å². The number of nitrogens with zero attached hydrogens (tertiary/aromatic N) is 1. The van der Waals surface area contributed by atoms with Gasteiger partial charge in [-0.3, -0.25) is 16.3 Å². The van der Waals surface area contributed by atoms with Crippen molar-refractivity contribution in [2.45, 2.75) is 25.1 Å². The fourth-order valence-corrected chi connectivity index (χ4v) is 2.12. The lowest BCUT2D eigenvalue weighted by molar-refractivity contribution is -0.137. The normalized spacial score (nSPS) is 13.1. The van der Waals surface area contributed by atoms with Crippen LogP contribution in [0.1, 0.15) is 16.8 Å². The summed E-state index contributed by atoms with van der Waals surface area (Å²) in [6.45, 7) is 0. The third-order valence-corrected chi connectivity index (χ3v) is 3.15. The largest absolute Gasteiger partial charge is 0.416 e. The molecule has 1 aromatic heterocycles. The first-order valence-corrected chi connectivity index (χ1v) is 6.51. The van der Waals surface area contributed by atoms with Crippen molar-refractivity contribution in [3.63, 3.8) is 0 Å². The number of pyridine rings is 1. The van der Waals surface area contributed by atoms with Gasteiger partial charge in [0.15, 0.2) is 0 Å². The summed E-state index contributed by atoms with van der Waals surface area (Å²) in [6.07, 6.45) is -1.71. The van der Waals surface area contributed by atoms with Gasteiger partial charge in [-0.1, -0.05) is 24.3 Å². The number of hydrogen-bond donors (Lipinski definition) is 2. The fourth-order valence-electron chi connectivity index (χ4n) is 2.12. The van der Waals surface area contributed by atoms with E-state index in [9.17, 15) is 13.2 Å². The van der Waals surface area contributed by atoms with Crippen LogP contribution < -0.4 is 11.3 Å². The van der Waals surface area contributed by atoms with Crippen LogP contribution in [0.15, 0.2) is 48.7 Å². The number of nitrogens with two attached hydrogens (primary N) is 1. The van der Waals surface area contributed by atoms with Gasteiger partial charge < -0.3 is 0 Å². The number of benzene rings is 1. The van der Waals surface area contributed by atoms with E-state index in [-0.39, 0.29) is 6.04 Å². The Balaban J connectivity index is 2.08. The Morgan fingerprint density at radius 3 is 2.52 bits per heavy atom. The van der Waals surface area contributed by atoms with E-state index in [0.29, 0.717) is 18.4 Å². The van der Waals surface area contributed by atoms with Crippen LogP contribution in [-0.2, 0) is 19.0 Å². The van der Waals surface area contributed by atoms with Crippen molar-refractivity contribution in [3.8, 4) is 0 Å². The molecule has 2 rings (SSSR count). The molecule has 2 aromatic rings. The Morgan fingerprint density at radius 2 is 1.90 bits per heavy atom. The van der Waals surface area contributed by atoms with Crippen molar-refractivity contribution >= 4 is 0 Å². The fraction of sp³-hybridized carbons (Fsp3) is 0.267. The van der Waals surface area contributed by atoms with Crippen molar-refractivity contribution in [3.05, 3.63) is 65.5 Å². The lowest BCUT2D eigenvalue weighted by atomic mass is 10.00. The van der Waals surface area contributed by atoms with E-state index in [1.54, 1.807) is 18.3 Å². The minimum atomic E-state index is -4.33. The number of halogens is 3. The topological polar surface area (TPSA) is 50.9 Å². The van der Waals surface area contributed by atoms with Gasteiger partial charge in [-0.2, -0.15) is 13.2 Å². The molecule has 112 valence electrons. The second-order valence-electron chi connectivity index (χ2n) is 4.79. The molecule has 0 saturated heterocycles. The third-order valence-electron chi connectivity index (χ3n) is 3.15. The van der Waals surface area contributed by atoms with Gasteiger partial charge in [0.1, 0.15) is 0 Å². The highest BCUT2D eigenvalue weighted by molar-refractivity contribution is 5.26. The standard InChI is InChI=1S/C15H16F3N3/c16-15(17,18)12-5-3-4-11(8-12)9-14(21-19)10-13-6-1-2-7-20-13/h1-8,14,21H,9-10,19H2.